The Bertz CT molecular complexity index is 72.6. The number of hydrogen-bond donors (Lipinski definition) is 0. The summed E-state index contributed by atoms with van der Waals surface area (Å²) in [5.41, 5.74) is 0. The van der Waals surface area contributed by atoms with Gasteiger partial charge in [-0.05, 0) is 13.8 Å². The summed E-state index contributed by atoms with van der Waals surface area (Å²) in [5, 5.41) is 0. The Morgan fingerprint density at radius 3 is 1.60 bits per heavy atom. The second kappa shape index (κ2) is 7.09. The van der Waals surface area contributed by atoms with Gasteiger partial charge in [0.05, 0.1) is 0 Å². The van der Waals surface area contributed by atoms with Gasteiger partial charge in [-0.15, -0.1) is 0 Å². The zero-order valence-corrected chi connectivity index (χ0v) is 11.3. The maximum Gasteiger partial charge on any atom is 2.00 e. The summed E-state index contributed by atoms with van der Waals surface area (Å²) in [4.78, 5) is 0. The monoisotopic (exact) mass is 234 g/mol. The molecule has 0 bridgehead atoms. The Hall–Kier alpha value is 1.42. The van der Waals surface area contributed by atoms with Crippen molar-refractivity contribution in [3.8, 4) is 0 Å². The van der Waals surface area contributed by atoms with Crippen LogP contribution in [0.3, 0.4) is 0 Å². The Kier molecular flexibility index (Phi) is 12.4. The van der Waals surface area contributed by atoms with Gasteiger partial charge in [0.1, 0.15) is 0 Å². The maximum absolute atomic E-state index is 5.47. The first-order chi connectivity index (χ1) is 3.42. The number of rotatable bonds is 2. The zero-order valence-electron chi connectivity index (χ0n) is 7.28. The molecule has 0 aliphatic heterocycles. The van der Waals surface area contributed by atoms with Crippen LogP contribution in [-0.4, -0.2) is 37.5 Å². The molecular weight excluding hydrogens is 220 g/mol. The van der Waals surface area contributed by atoms with Crippen LogP contribution in [0.25, 0.3) is 0 Å². The van der Waals surface area contributed by atoms with Crippen molar-refractivity contribution in [3.05, 3.63) is 6.55 Å². The Labute approximate surface area is 92.0 Å². The fourth-order valence-electron chi connectivity index (χ4n) is 0.638. The molecular formula is C6H15BrMgOSi. The SMILES string of the molecule is [Br-].[CH2-][Si](C)(C)OC(C)C.[Mg+2]. The van der Waals surface area contributed by atoms with Crippen LogP contribution in [0.5, 0.6) is 0 Å². The molecule has 0 rings (SSSR count). The summed E-state index contributed by atoms with van der Waals surface area (Å²) in [5.74, 6) is 0. The third-order valence-electron chi connectivity index (χ3n) is 0.555. The van der Waals surface area contributed by atoms with E-state index in [9.17, 15) is 0 Å². The number of halogens is 1. The van der Waals surface area contributed by atoms with Gasteiger partial charge in [-0.1, -0.05) is 13.1 Å². The molecule has 4 heteroatoms. The minimum absolute atomic E-state index is 0. The summed E-state index contributed by atoms with van der Waals surface area (Å²) in [6, 6.07) is 0. The minimum atomic E-state index is -1.47. The van der Waals surface area contributed by atoms with E-state index in [1.165, 1.54) is 0 Å². The first-order valence-corrected chi connectivity index (χ1v) is 6.06. The van der Waals surface area contributed by atoms with Crippen molar-refractivity contribution in [1.29, 1.82) is 0 Å². The van der Waals surface area contributed by atoms with Crippen LogP contribution in [0.1, 0.15) is 13.8 Å². The molecule has 0 unspecified atom stereocenters. The van der Waals surface area contributed by atoms with E-state index in [1.807, 2.05) is 13.8 Å². The van der Waals surface area contributed by atoms with Gasteiger partial charge in [-0.3, -0.25) is 0 Å². The molecule has 10 heavy (non-hydrogen) atoms. The summed E-state index contributed by atoms with van der Waals surface area (Å²) < 4.78 is 5.47. The largest absolute Gasteiger partial charge is 2.00 e. The van der Waals surface area contributed by atoms with Gasteiger partial charge in [0, 0.05) is 14.4 Å². The van der Waals surface area contributed by atoms with Gasteiger partial charge in [-0.25, -0.2) is 0 Å². The number of hydrogen-bond acceptors (Lipinski definition) is 1. The first-order valence-electron chi connectivity index (χ1n) is 2.95. The smallest absolute Gasteiger partial charge is 1.00 e. The molecule has 0 radical (unpaired) electrons. The molecule has 0 aromatic rings. The van der Waals surface area contributed by atoms with Crippen molar-refractivity contribution in [2.24, 2.45) is 0 Å². The molecule has 0 spiro atoms. The fraction of sp³-hybridized carbons (Fsp3) is 0.833. The third kappa shape index (κ3) is 16.2. The van der Waals surface area contributed by atoms with Crippen molar-refractivity contribution >= 4 is 31.4 Å². The summed E-state index contributed by atoms with van der Waals surface area (Å²) in [7, 11) is -1.47. The Morgan fingerprint density at radius 2 is 1.60 bits per heavy atom. The second-order valence-corrected chi connectivity index (χ2v) is 6.68. The van der Waals surface area contributed by atoms with E-state index in [-0.39, 0.29) is 40.0 Å². The molecule has 0 fully saturated rings. The average Bonchev–Trinajstić information content (AvgIpc) is 1.21. The van der Waals surface area contributed by atoms with Crippen molar-refractivity contribution in [2.75, 3.05) is 0 Å². The van der Waals surface area contributed by atoms with E-state index in [1.54, 1.807) is 0 Å². The van der Waals surface area contributed by atoms with Gasteiger partial charge in [0.25, 0.3) is 0 Å². The normalized spacial score (nSPS) is 10.2. The van der Waals surface area contributed by atoms with Crippen molar-refractivity contribution in [3.63, 3.8) is 0 Å². The second-order valence-electron chi connectivity index (χ2n) is 2.93. The predicted molar refractivity (Wildman–Crippen MR) is 44.8 cm³/mol. The van der Waals surface area contributed by atoms with E-state index < -0.39 is 8.32 Å². The van der Waals surface area contributed by atoms with Crippen LogP contribution in [0.4, 0.5) is 0 Å². The molecule has 0 N–H and O–H groups in total. The minimum Gasteiger partial charge on any atom is -1.00 e. The van der Waals surface area contributed by atoms with E-state index in [0.29, 0.717) is 6.10 Å². The van der Waals surface area contributed by atoms with Crippen molar-refractivity contribution < 1.29 is 21.4 Å². The van der Waals surface area contributed by atoms with Crippen LogP contribution in [-0.2, 0) is 4.43 Å². The van der Waals surface area contributed by atoms with E-state index in [4.69, 9.17) is 4.43 Å². The van der Waals surface area contributed by atoms with Gasteiger partial charge >= 0.3 is 23.1 Å². The Balaban J connectivity index is -0.000000245. The quantitative estimate of drug-likeness (QED) is 0.423. The molecule has 0 saturated carbocycles. The predicted octanol–water partition coefficient (Wildman–Crippen LogP) is -1.39. The fourth-order valence-corrected chi connectivity index (χ4v) is 1.91. The van der Waals surface area contributed by atoms with Gasteiger partial charge in [0.15, 0.2) is 0 Å². The molecule has 0 heterocycles. The Morgan fingerprint density at radius 1 is 1.30 bits per heavy atom. The molecule has 0 saturated heterocycles. The molecule has 0 aliphatic carbocycles. The molecule has 58 valence electrons. The van der Waals surface area contributed by atoms with Gasteiger partial charge < -0.3 is 28.0 Å². The van der Waals surface area contributed by atoms with Gasteiger partial charge in [-0.2, -0.15) is 0 Å². The molecule has 1 nitrogen and oxygen atoms in total. The van der Waals surface area contributed by atoms with E-state index in [2.05, 4.69) is 19.6 Å². The summed E-state index contributed by atoms with van der Waals surface area (Å²) in [6.07, 6.45) is 0.342. The maximum atomic E-state index is 5.47. The van der Waals surface area contributed by atoms with Crippen LogP contribution >= 0.6 is 0 Å². The summed E-state index contributed by atoms with van der Waals surface area (Å²) >= 11 is 0. The molecule has 0 amide bonds. The van der Waals surface area contributed by atoms with E-state index in [0.717, 1.165) is 0 Å². The molecule has 0 aromatic carbocycles. The molecule has 0 atom stereocenters. The average molecular weight is 235 g/mol. The van der Waals surface area contributed by atoms with Crippen LogP contribution in [0.2, 0.25) is 13.1 Å². The molecule has 0 aliphatic rings. The van der Waals surface area contributed by atoms with Crippen LogP contribution < -0.4 is 17.0 Å². The van der Waals surface area contributed by atoms with Crippen LogP contribution in [0.15, 0.2) is 0 Å². The molecule has 0 aromatic heterocycles. The zero-order chi connectivity index (χ0) is 6.78. The van der Waals surface area contributed by atoms with Gasteiger partial charge in [0.2, 0.25) is 0 Å². The van der Waals surface area contributed by atoms with Crippen molar-refractivity contribution in [2.45, 2.75) is 33.0 Å². The van der Waals surface area contributed by atoms with Crippen molar-refractivity contribution in [1.82, 2.24) is 0 Å². The topological polar surface area (TPSA) is 9.23 Å². The summed E-state index contributed by atoms with van der Waals surface area (Å²) in [6.45, 7) is 12.2. The van der Waals surface area contributed by atoms with E-state index >= 15 is 0 Å². The first kappa shape index (κ1) is 17.5. The van der Waals surface area contributed by atoms with Crippen LogP contribution in [0, 0.1) is 6.55 Å². The standard InChI is InChI=1S/C6H15OSi.BrH.Mg/c1-6(2)7-8(3,4)5;;/h6H,3H2,1-2,4-5H3;1H;/q-1;;+2/p-1. The third-order valence-corrected chi connectivity index (χ3v) is 1.66.